The van der Waals surface area contributed by atoms with Crippen molar-refractivity contribution < 1.29 is 5.11 Å². The molecule has 0 unspecified atom stereocenters. The predicted octanol–water partition coefficient (Wildman–Crippen LogP) is 1.18. The van der Waals surface area contributed by atoms with E-state index in [-0.39, 0.29) is 6.61 Å². The van der Waals surface area contributed by atoms with Gasteiger partial charge in [-0.05, 0) is 12.5 Å². The molecule has 0 bridgehead atoms. The van der Waals surface area contributed by atoms with Crippen LogP contribution in [0.2, 0.25) is 0 Å². The van der Waals surface area contributed by atoms with Crippen molar-refractivity contribution in [1.29, 1.82) is 0 Å². The third kappa shape index (κ3) is 3.53. The average Bonchev–Trinajstić information content (AvgIpc) is 2.34. The molecule has 2 rings (SSSR count). The number of piperazine rings is 1. The highest BCUT2D eigenvalue weighted by Gasteiger charge is 2.22. The molecule has 94 valence electrons. The Balaban J connectivity index is 1.87. The maximum atomic E-state index is 8.95. The Morgan fingerprint density at radius 2 is 2.00 bits per heavy atom. The number of β-amino-alcohol motifs (C(OH)–C–C–N with tert-alkyl or cyclic N) is 1. The standard InChI is InChI=1S/C14H22N2O/c1-13-11-15(9-10-17)7-8-16(13)12-14-5-3-2-4-6-14/h2-6,13,17H,7-12H2,1H3/t13-/m1/s1. The normalized spacial score (nSPS) is 22.8. The molecule has 17 heavy (non-hydrogen) atoms. The number of aliphatic hydroxyl groups is 1. The van der Waals surface area contributed by atoms with Gasteiger partial charge in [-0.2, -0.15) is 0 Å². The van der Waals surface area contributed by atoms with Gasteiger partial charge in [-0.15, -0.1) is 0 Å². The Bertz CT molecular complexity index is 328. The summed E-state index contributed by atoms with van der Waals surface area (Å²) in [7, 11) is 0. The number of rotatable bonds is 4. The first-order valence-corrected chi connectivity index (χ1v) is 6.41. The minimum atomic E-state index is 0.269. The summed E-state index contributed by atoms with van der Waals surface area (Å²) in [5.74, 6) is 0. The Kier molecular flexibility index (Phi) is 4.54. The lowest BCUT2D eigenvalue weighted by atomic mass is 10.1. The molecule has 0 aromatic heterocycles. The monoisotopic (exact) mass is 234 g/mol. The van der Waals surface area contributed by atoms with Gasteiger partial charge in [0.1, 0.15) is 0 Å². The summed E-state index contributed by atoms with van der Waals surface area (Å²) in [6, 6.07) is 11.2. The fourth-order valence-corrected chi connectivity index (χ4v) is 2.47. The second-order valence-corrected chi connectivity index (χ2v) is 4.83. The minimum Gasteiger partial charge on any atom is -0.395 e. The van der Waals surface area contributed by atoms with Crippen LogP contribution in [0.15, 0.2) is 30.3 Å². The Hall–Kier alpha value is -0.900. The summed E-state index contributed by atoms with van der Waals surface area (Å²) in [6.07, 6.45) is 0. The summed E-state index contributed by atoms with van der Waals surface area (Å²) in [6.45, 7) is 7.61. The second kappa shape index (κ2) is 6.15. The van der Waals surface area contributed by atoms with Gasteiger partial charge in [0.05, 0.1) is 6.61 Å². The molecule has 1 aliphatic heterocycles. The Labute approximate surface area is 104 Å². The largest absolute Gasteiger partial charge is 0.395 e. The van der Waals surface area contributed by atoms with Gasteiger partial charge in [0, 0.05) is 38.8 Å². The molecule has 0 aliphatic carbocycles. The van der Waals surface area contributed by atoms with Gasteiger partial charge < -0.3 is 5.11 Å². The van der Waals surface area contributed by atoms with Gasteiger partial charge in [0.15, 0.2) is 0 Å². The van der Waals surface area contributed by atoms with E-state index in [1.807, 2.05) is 0 Å². The highest BCUT2D eigenvalue weighted by Crippen LogP contribution is 2.13. The summed E-state index contributed by atoms with van der Waals surface area (Å²) in [5.41, 5.74) is 1.38. The van der Waals surface area contributed by atoms with Crippen molar-refractivity contribution in [2.75, 3.05) is 32.8 Å². The smallest absolute Gasteiger partial charge is 0.0558 e. The molecule has 3 nitrogen and oxygen atoms in total. The molecule has 1 aliphatic rings. The summed E-state index contributed by atoms with van der Waals surface area (Å²) in [4.78, 5) is 4.86. The molecule has 0 saturated carbocycles. The first-order chi connectivity index (χ1) is 8.29. The molecular weight excluding hydrogens is 212 g/mol. The van der Waals surface area contributed by atoms with E-state index >= 15 is 0 Å². The van der Waals surface area contributed by atoms with Crippen LogP contribution in [0, 0.1) is 0 Å². The maximum Gasteiger partial charge on any atom is 0.0558 e. The van der Waals surface area contributed by atoms with Crippen LogP contribution >= 0.6 is 0 Å². The van der Waals surface area contributed by atoms with Crippen molar-refractivity contribution in [1.82, 2.24) is 9.80 Å². The number of nitrogens with zero attached hydrogens (tertiary/aromatic N) is 2. The molecule has 1 N–H and O–H groups in total. The number of hydrogen-bond donors (Lipinski definition) is 1. The quantitative estimate of drug-likeness (QED) is 0.847. The van der Waals surface area contributed by atoms with Crippen LogP contribution < -0.4 is 0 Å². The minimum absolute atomic E-state index is 0.269. The third-order valence-electron chi connectivity index (χ3n) is 3.49. The lowest BCUT2D eigenvalue weighted by Gasteiger charge is -2.39. The number of benzene rings is 1. The van der Waals surface area contributed by atoms with Crippen LogP contribution in [0.4, 0.5) is 0 Å². The van der Waals surface area contributed by atoms with Crippen LogP contribution in [-0.4, -0.2) is 53.7 Å². The first-order valence-electron chi connectivity index (χ1n) is 6.41. The van der Waals surface area contributed by atoms with Crippen molar-refractivity contribution in [2.45, 2.75) is 19.5 Å². The average molecular weight is 234 g/mol. The van der Waals surface area contributed by atoms with E-state index in [2.05, 4.69) is 47.1 Å². The molecule has 1 atom stereocenters. The zero-order valence-electron chi connectivity index (χ0n) is 10.5. The van der Waals surface area contributed by atoms with Gasteiger partial charge in [-0.1, -0.05) is 30.3 Å². The molecular formula is C14H22N2O. The zero-order chi connectivity index (χ0) is 12.1. The van der Waals surface area contributed by atoms with Crippen molar-refractivity contribution >= 4 is 0 Å². The van der Waals surface area contributed by atoms with Crippen molar-refractivity contribution in [2.24, 2.45) is 0 Å². The van der Waals surface area contributed by atoms with E-state index < -0.39 is 0 Å². The second-order valence-electron chi connectivity index (χ2n) is 4.83. The van der Waals surface area contributed by atoms with E-state index in [0.717, 1.165) is 32.7 Å². The van der Waals surface area contributed by atoms with Gasteiger partial charge in [-0.3, -0.25) is 9.80 Å². The van der Waals surface area contributed by atoms with Crippen LogP contribution in [0.5, 0.6) is 0 Å². The van der Waals surface area contributed by atoms with Crippen molar-refractivity contribution in [3.8, 4) is 0 Å². The lowest BCUT2D eigenvalue weighted by Crippen LogP contribution is -2.51. The van der Waals surface area contributed by atoms with Crippen LogP contribution in [-0.2, 0) is 6.54 Å². The number of aliphatic hydroxyl groups excluding tert-OH is 1. The van der Waals surface area contributed by atoms with E-state index in [4.69, 9.17) is 5.11 Å². The maximum absolute atomic E-state index is 8.95. The van der Waals surface area contributed by atoms with E-state index in [0.29, 0.717) is 6.04 Å². The predicted molar refractivity (Wildman–Crippen MR) is 69.8 cm³/mol. The Morgan fingerprint density at radius 3 is 2.65 bits per heavy atom. The molecule has 1 aromatic carbocycles. The molecule has 0 spiro atoms. The van der Waals surface area contributed by atoms with Gasteiger partial charge >= 0.3 is 0 Å². The van der Waals surface area contributed by atoms with Gasteiger partial charge in [0.25, 0.3) is 0 Å². The number of hydrogen-bond acceptors (Lipinski definition) is 3. The topological polar surface area (TPSA) is 26.7 Å². The molecule has 0 radical (unpaired) electrons. The first kappa shape index (κ1) is 12.6. The Morgan fingerprint density at radius 1 is 1.24 bits per heavy atom. The lowest BCUT2D eigenvalue weighted by molar-refractivity contribution is 0.0664. The summed E-state index contributed by atoms with van der Waals surface area (Å²) in [5, 5.41) is 8.95. The van der Waals surface area contributed by atoms with Crippen LogP contribution in [0.25, 0.3) is 0 Å². The van der Waals surface area contributed by atoms with Crippen LogP contribution in [0.3, 0.4) is 0 Å². The zero-order valence-corrected chi connectivity index (χ0v) is 10.5. The summed E-state index contributed by atoms with van der Waals surface area (Å²) < 4.78 is 0. The highest BCUT2D eigenvalue weighted by molar-refractivity contribution is 5.14. The van der Waals surface area contributed by atoms with Crippen LogP contribution in [0.1, 0.15) is 12.5 Å². The van der Waals surface area contributed by atoms with Crippen molar-refractivity contribution in [3.63, 3.8) is 0 Å². The molecule has 1 heterocycles. The summed E-state index contributed by atoms with van der Waals surface area (Å²) >= 11 is 0. The molecule has 0 amide bonds. The molecule has 1 saturated heterocycles. The van der Waals surface area contributed by atoms with E-state index in [9.17, 15) is 0 Å². The van der Waals surface area contributed by atoms with E-state index in [1.165, 1.54) is 5.56 Å². The molecule has 1 fully saturated rings. The SMILES string of the molecule is C[C@@H]1CN(CCO)CCN1Cc1ccccc1. The molecule has 1 aromatic rings. The highest BCUT2D eigenvalue weighted by atomic mass is 16.3. The third-order valence-corrected chi connectivity index (χ3v) is 3.49. The van der Waals surface area contributed by atoms with E-state index in [1.54, 1.807) is 0 Å². The van der Waals surface area contributed by atoms with Gasteiger partial charge in [-0.25, -0.2) is 0 Å². The molecule has 3 heteroatoms. The fourth-order valence-electron chi connectivity index (χ4n) is 2.47. The van der Waals surface area contributed by atoms with Crippen molar-refractivity contribution in [3.05, 3.63) is 35.9 Å². The fraction of sp³-hybridized carbons (Fsp3) is 0.571. The van der Waals surface area contributed by atoms with Gasteiger partial charge in [0.2, 0.25) is 0 Å².